The van der Waals surface area contributed by atoms with E-state index in [9.17, 15) is 4.79 Å². The Labute approximate surface area is 138 Å². The van der Waals surface area contributed by atoms with E-state index in [0.29, 0.717) is 11.8 Å². The molecule has 0 aliphatic heterocycles. The third-order valence-corrected chi connectivity index (χ3v) is 4.43. The normalized spacial score (nSPS) is 15.0. The van der Waals surface area contributed by atoms with Crippen LogP contribution in [0.4, 0.5) is 5.88 Å². The zero-order valence-electron chi connectivity index (χ0n) is 13.1. The highest BCUT2D eigenvalue weighted by Crippen LogP contribution is 2.30. The minimum absolute atomic E-state index is 0.203. The molecule has 0 unspecified atom stereocenters. The van der Waals surface area contributed by atoms with Crippen LogP contribution >= 0.6 is 0 Å². The Morgan fingerprint density at radius 1 is 1.29 bits per heavy atom. The molecule has 1 aliphatic carbocycles. The highest BCUT2D eigenvalue weighted by Gasteiger charge is 2.18. The molecule has 7 nitrogen and oxygen atoms in total. The summed E-state index contributed by atoms with van der Waals surface area (Å²) in [6.07, 6.45) is 11.9. The number of carbonyl (C=O) groups excluding carboxylic acids is 1. The monoisotopic (exact) mass is 326 g/mol. The molecule has 1 N–H and O–H groups in total. The Morgan fingerprint density at radius 2 is 2.17 bits per heavy atom. The first-order chi connectivity index (χ1) is 11.8. The first-order valence-corrected chi connectivity index (χ1v) is 8.11. The summed E-state index contributed by atoms with van der Waals surface area (Å²) in [7, 11) is 0. The van der Waals surface area contributed by atoms with Gasteiger partial charge in [0.05, 0.1) is 12.5 Å². The molecule has 3 aromatic heterocycles. The maximum absolute atomic E-state index is 12.1. The van der Waals surface area contributed by atoms with Crippen molar-refractivity contribution in [1.82, 2.24) is 14.9 Å². The number of carbonyl (C=O) groups is 1. The van der Waals surface area contributed by atoms with Crippen molar-refractivity contribution in [2.45, 2.75) is 32.2 Å². The van der Waals surface area contributed by atoms with Crippen LogP contribution in [-0.2, 0) is 6.54 Å². The molecule has 3 aromatic rings. The largest absolute Gasteiger partial charge is 0.448 e. The molecule has 0 aromatic carbocycles. The average molecular weight is 326 g/mol. The van der Waals surface area contributed by atoms with Gasteiger partial charge in [-0.1, -0.05) is 18.0 Å². The Balaban J connectivity index is 1.50. The molecule has 3 heterocycles. The van der Waals surface area contributed by atoms with Crippen LogP contribution in [0.3, 0.4) is 0 Å². The van der Waals surface area contributed by atoms with Crippen LogP contribution in [0.2, 0.25) is 0 Å². The fraction of sp³-hybridized carbons (Fsp3) is 0.353. The predicted octanol–water partition coefficient (Wildman–Crippen LogP) is 3.57. The van der Waals surface area contributed by atoms with Gasteiger partial charge in [-0.25, -0.2) is 0 Å². The summed E-state index contributed by atoms with van der Waals surface area (Å²) in [4.78, 5) is 12.1. The first kappa shape index (κ1) is 14.7. The first-order valence-electron chi connectivity index (χ1n) is 8.11. The van der Waals surface area contributed by atoms with Gasteiger partial charge in [0.1, 0.15) is 6.26 Å². The molecule has 7 heteroatoms. The molecule has 0 bridgehead atoms. The highest BCUT2D eigenvalue weighted by atomic mass is 16.5. The van der Waals surface area contributed by atoms with Crippen molar-refractivity contribution in [2.75, 3.05) is 5.32 Å². The average Bonchev–Trinajstić information content (AvgIpc) is 3.36. The Kier molecular flexibility index (Phi) is 3.90. The standard InChI is InChI=1S/C17H18N4O3/c22-16(15-6-8-24-20-15)19-17-14(5-7-23-17)13-9-18-21(11-13)10-12-3-1-2-4-12/h5-9,11-12H,1-4,10H2,(H,19,22). The third kappa shape index (κ3) is 2.97. The minimum atomic E-state index is -0.377. The van der Waals surface area contributed by atoms with E-state index in [1.165, 1.54) is 38.0 Å². The van der Waals surface area contributed by atoms with E-state index >= 15 is 0 Å². The topological polar surface area (TPSA) is 86.1 Å². The Hall–Kier alpha value is -2.83. The Morgan fingerprint density at radius 3 is 2.96 bits per heavy atom. The van der Waals surface area contributed by atoms with E-state index in [4.69, 9.17) is 4.42 Å². The third-order valence-electron chi connectivity index (χ3n) is 4.43. The second-order valence-electron chi connectivity index (χ2n) is 6.10. The minimum Gasteiger partial charge on any atom is -0.448 e. The molecule has 0 radical (unpaired) electrons. The number of hydrogen-bond acceptors (Lipinski definition) is 5. The van der Waals surface area contributed by atoms with Gasteiger partial charge in [0.25, 0.3) is 5.91 Å². The van der Waals surface area contributed by atoms with Gasteiger partial charge in [0, 0.05) is 29.9 Å². The number of hydrogen-bond donors (Lipinski definition) is 1. The van der Waals surface area contributed by atoms with Crippen molar-refractivity contribution < 1.29 is 13.7 Å². The number of amides is 1. The Bertz CT molecular complexity index is 813. The fourth-order valence-electron chi connectivity index (χ4n) is 3.19. The lowest BCUT2D eigenvalue weighted by molar-refractivity contribution is 0.101. The molecular weight excluding hydrogens is 308 g/mol. The summed E-state index contributed by atoms with van der Waals surface area (Å²) in [5.41, 5.74) is 1.91. The van der Waals surface area contributed by atoms with Crippen molar-refractivity contribution in [3.05, 3.63) is 42.7 Å². The number of anilines is 1. The van der Waals surface area contributed by atoms with Gasteiger partial charge in [0.2, 0.25) is 5.88 Å². The van der Waals surface area contributed by atoms with Crippen LogP contribution in [0, 0.1) is 5.92 Å². The molecule has 1 aliphatic rings. The van der Waals surface area contributed by atoms with Gasteiger partial charge in [0.15, 0.2) is 5.69 Å². The summed E-state index contributed by atoms with van der Waals surface area (Å²) in [6, 6.07) is 3.31. The highest BCUT2D eigenvalue weighted by molar-refractivity contribution is 6.03. The number of aromatic nitrogens is 3. The summed E-state index contributed by atoms with van der Waals surface area (Å²) in [6.45, 7) is 0.943. The number of furan rings is 1. The van der Waals surface area contributed by atoms with Crippen LogP contribution in [0.25, 0.3) is 11.1 Å². The van der Waals surface area contributed by atoms with Crippen molar-refractivity contribution in [3.8, 4) is 11.1 Å². The van der Waals surface area contributed by atoms with Gasteiger partial charge in [-0.2, -0.15) is 5.10 Å². The van der Waals surface area contributed by atoms with Crippen LogP contribution in [0.5, 0.6) is 0 Å². The lowest BCUT2D eigenvalue weighted by Gasteiger charge is -2.08. The van der Waals surface area contributed by atoms with Gasteiger partial charge in [-0.15, -0.1) is 0 Å². The van der Waals surface area contributed by atoms with E-state index in [-0.39, 0.29) is 11.6 Å². The zero-order valence-corrected chi connectivity index (χ0v) is 13.1. The van der Waals surface area contributed by atoms with E-state index in [0.717, 1.165) is 17.7 Å². The number of rotatable bonds is 5. The molecule has 4 rings (SSSR count). The van der Waals surface area contributed by atoms with Gasteiger partial charge >= 0.3 is 0 Å². The van der Waals surface area contributed by atoms with Crippen molar-refractivity contribution in [3.63, 3.8) is 0 Å². The van der Waals surface area contributed by atoms with Crippen molar-refractivity contribution in [2.24, 2.45) is 5.92 Å². The molecule has 0 saturated heterocycles. The number of nitrogens with one attached hydrogen (secondary N) is 1. The van der Waals surface area contributed by atoms with Crippen LogP contribution in [-0.4, -0.2) is 20.8 Å². The lowest BCUT2D eigenvalue weighted by atomic mass is 10.1. The van der Waals surface area contributed by atoms with Gasteiger partial charge in [-0.3, -0.25) is 14.8 Å². The molecule has 0 spiro atoms. The van der Waals surface area contributed by atoms with Crippen LogP contribution < -0.4 is 5.32 Å². The second kappa shape index (κ2) is 6.35. The van der Waals surface area contributed by atoms with Crippen LogP contribution in [0.15, 0.2) is 46.0 Å². The van der Waals surface area contributed by atoms with Gasteiger partial charge < -0.3 is 8.94 Å². The van der Waals surface area contributed by atoms with E-state index in [1.807, 2.05) is 16.9 Å². The van der Waals surface area contributed by atoms with E-state index in [2.05, 4.69) is 20.1 Å². The molecule has 24 heavy (non-hydrogen) atoms. The van der Waals surface area contributed by atoms with Gasteiger partial charge in [-0.05, 0) is 24.8 Å². The maximum atomic E-state index is 12.1. The molecule has 1 fully saturated rings. The summed E-state index contributed by atoms with van der Waals surface area (Å²) >= 11 is 0. The SMILES string of the molecule is O=C(Nc1occc1-c1cnn(CC2CCCC2)c1)c1ccon1. The molecule has 124 valence electrons. The number of nitrogens with zero attached hydrogens (tertiary/aromatic N) is 3. The predicted molar refractivity (Wildman–Crippen MR) is 86.3 cm³/mol. The quantitative estimate of drug-likeness (QED) is 0.774. The summed E-state index contributed by atoms with van der Waals surface area (Å²) in [5, 5.41) is 10.8. The molecule has 1 amide bonds. The lowest BCUT2D eigenvalue weighted by Crippen LogP contribution is -2.12. The molecular formula is C17H18N4O3. The second-order valence-corrected chi connectivity index (χ2v) is 6.10. The summed E-state index contributed by atoms with van der Waals surface area (Å²) < 4.78 is 12.1. The van der Waals surface area contributed by atoms with E-state index < -0.39 is 0 Å². The fourth-order valence-corrected chi connectivity index (χ4v) is 3.19. The van der Waals surface area contributed by atoms with Crippen molar-refractivity contribution in [1.29, 1.82) is 0 Å². The van der Waals surface area contributed by atoms with E-state index in [1.54, 1.807) is 12.5 Å². The van der Waals surface area contributed by atoms with Crippen LogP contribution in [0.1, 0.15) is 36.2 Å². The molecule has 0 atom stereocenters. The van der Waals surface area contributed by atoms with Crippen molar-refractivity contribution >= 4 is 11.8 Å². The molecule has 1 saturated carbocycles. The maximum Gasteiger partial charge on any atom is 0.280 e. The summed E-state index contributed by atoms with van der Waals surface area (Å²) in [5.74, 6) is 0.718. The zero-order chi connectivity index (χ0) is 16.4. The smallest absolute Gasteiger partial charge is 0.280 e.